The molecule has 0 heterocycles. The van der Waals surface area contributed by atoms with Crippen LogP contribution in [0.25, 0.3) is 0 Å². The van der Waals surface area contributed by atoms with Crippen LogP contribution in [0.5, 0.6) is 5.75 Å². The first-order valence-electron chi connectivity index (χ1n) is 11.5. The Labute approximate surface area is 217 Å². The van der Waals surface area contributed by atoms with E-state index < -0.39 is 22.5 Å². The van der Waals surface area contributed by atoms with E-state index in [2.05, 4.69) is 15.8 Å². The Morgan fingerprint density at radius 2 is 1.65 bits per heavy atom. The summed E-state index contributed by atoms with van der Waals surface area (Å²) in [6.45, 7) is 3.59. The van der Waals surface area contributed by atoms with Crippen molar-refractivity contribution in [3.63, 3.8) is 0 Å². The number of sulfonamides is 1. The number of rotatable bonds is 11. The molecular weight excluding hydrogens is 492 g/mol. The topological polar surface area (TPSA) is 117 Å². The zero-order chi connectivity index (χ0) is 26.8. The smallest absolute Gasteiger partial charge is 0.260 e. The number of nitrogens with zero attached hydrogens (tertiary/aromatic N) is 2. The van der Waals surface area contributed by atoms with Crippen molar-refractivity contribution in [3.8, 4) is 5.75 Å². The van der Waals surface area contributed by atoms with Crippen LogP contribution >= 0.6 is 0 Å². The van der Waals surface area contributed by atoms with Crippen LogP contribution in [0.1, 0.15) is 22.3 Å². The van der Waals surface area contributed by atoms with E-state index >= 15 is 0 Å². The number of benzene rings is 3. The molecule has 9 nitrogen and oxygen atoms in total. The van der Waals surface area contributed by atoms with Crippen molar-refractivity contribution in [1.29, 1.82) is 0 Å². The molecule has 0 unspecified atom stereocenters. The van der Waals surface area contributed by atoms with Crippen LogP contribution < -0.4 is 19.8 Å². The molecule has 0 spiro atoms. The van der Waals surface area contributed by atoms with Gasteiger partial charge in [-0.15, -0.1) is 0 Å². The van der Waals surface area contributed by atoms with E-state index in [0.29, 0.717) is 23.5 Å². The largest absolute Gasteiger partial charge is 0.484 e. The van der Waals surface area contributed by atoms with E-state index in [-0.39, 0.29) is 12.5 Å². The number of amides is 2. The number of anilines is 1. The summed E-state index contributed by atoms with van der Waals surface area (Å²) in [4.78, 5) is 24.4. The number of carbonyl (C=O) groups is 2. The third-order valence-corrected chi connectivity index (χ3v) is 6.64. The second-order valence-electron chi connectivity index (χ2n) is 8.40. The highest BCUT2D eigenvalue weighted by Gasteiger charge is 2.22. The summed E-state index contributed by atoms with van der Waals surface area (Å²) in [5.74, 6) is -0.307. The number of hydrogen-bond acceptors (Lipinski definition) is 6. The van der Waals surface area contributed by atoms with Crippen LogP contribution in [0.2, 0.25) is 0 Å². The van der Waals surface area contributed by atoms with Crippen molar-refractivity contribution >= 4 is 33.7 Å². The zero-order valence-electron chi connectivity index (χ0n) is 21.0. The van der Waals surface area contributed by atoms with Gasteiger partial charge in [0.1, 0.15) is 12.3 Å². The van der Waals surface area contributed by atoms with E-state index in [1.165, 1.54) is 6.21 Å². The molecule has 10 heteroatoms. The SMILES string of the molecule is Cc1cccc(N(CC(=O)N/N=C\c2ccc(OCC(=O)NCc3ccccc3)cc2)S(C)(=O)=O)c1C. The van der Waals surface area contributed by atoms with Crippen LogP contribution in [-0.2, 0) is 26.2 Å². The van der Waals surface area contributed by atoms with Crippen molar-refractivity contribution in [2.24, 2.45) is 5.10 Å². The van der Waals surface area contributed by atoms with Gasteiger partial charge in [-0.25, -0.2) is 13.8 Å². The summed E-state index contributed by atoms with van der Waals surface area (Å²) in [6, 6.07) is 21.7. The molecule has 0 radical (unpaired) electrons. The van der Waals surface area contributed by atoms with Gasteiger partial charge in [-0.1, -0.05) is 42.5 Å². The van der Waals surface area contributed by atoms with Crippen molar-refractivity contribution in [1.82, 2.24) is 10.7 Å². The summed E-state index contributed by atoms with van der Waals surface area (Å²) in [7, 11) is -3.69. The first kappa shape index (κ1) is 27.4. The Morgan fingerprint density at radius 1 is 0.946 bits per heavy atom. The van der Waals surface area contributed by atoms with Gasteiger partial charge in [0.25, 0.3) is 11.8 Å². The van der Waals surface area contributed by atoms with Crippen molar-refractivity contribution in [3.05, 3.63) is 95.1 Å². The molecule has 0 aliphatic carbocycles. The number of ether oxygens (including phenoxy) is 1. The van der Waals surface area contributed by atoms with Gasteiger partial charge in [-0.2, -0.15) is 5.10 Å². The van der Waals surface area contributed by atoms with Gasteiger partial charge >= 0.3 is 0 Å². The summed E-state index contributed by atoms with van der Waals surface area (Å²) in [5.41, 5.74) is 6.19. The van der Waals surface area contributed by atoms with E-state index in [0.717, 1.165) is 27.3 Å². The molecule has 0 aliphatic heterocycles. The number of carbonyl (C=O) groups excluding carboxylic acids is 2. The molecule has 0 aromatic heterocycles. The first-order valence-corrected chi connectivity index (χ1v) is 13.4. The lowest BCUT2D eigenvalue weighted by atomic mass is 10.1. The maximum Gasteiger partial charge on any atom is 0.260 e. The molecule has 3 aromatic carbocycles. The Morgan fingerprint density at radius 3 is 2.32 bits per heavy atom. The van der Waals surface area contributed by atoms with Crippen molar-refractivity contribution < 1.29 is 22.7 Å². The molecule has 37 heavy (non-hydrogen) atoms. The van der Waals surface area contributed by atoms with Crippen LogP contribution in [0.15, 0.2) is 77.9 Å². The second kappa shape index (κ2) is 12.7. The van der Waals surface area contributed by atoms with Crippen LogP contribution in [0.3, 0.4) is 0 Å². The van der Waals surface area contributed by atoms with Crippen molar-refractivity contribution in [2.75, 3.05) is 23.7 Å². The van der Waals surface area contributed by atoms with E-state index in [9.17, 15) is 18.0 Å². The molecule has 0 saturated heterocycles. The van der Waals surface area contributed by atoms with Gasteiger partial charge in [-0.05, 0) is 66.4 Å². The molecule has 0 saturated carbocycles. The highest BCUT2D eigenvalue weighted by Crippen LogP contribution is 2.24. The molecular formula is C27H30N4O5S. The molecule has 2 N–H and O–H groups in total. The lowest BCUT2D eigenvalue weighted by Crippen LogP contribution is -2.39. The lowest BCUT2D eigenvalue weighted by Gasteiger charge is -2.23. The standard InChI is InChI=1S/C27H30N4O5S/c1-20-8-7-11-25(21(20)2)31(37(3,34)35)18-26(32)30-29-17-23-12-14-24(15-13-23)36-19-27(33)28-16-22-9-5-4-6-10-22/h4-15,17H,16,18-19H2,1-3H3,(H,28,33)(H,30,32)/b29-17-. The van der Waals surface area contributed by atoms with Crippen LogP contribution in [-0.4, -0.2) is 45.9 Å². The Hall–Kier alpha value is -4.18. The second-order valence-corrected chi connectivity index (χ2v) is 10.3. The van der Waals surface area contributed by atoms with Crippen molar-refractivity contribution in [2.45, 2.75) is 20.4 Å². The molecule has 0 atom stereocenters. The third kappa shape index (κ3) is 8.46. The molecule has 3 aromatic rings. The van der Waals surface area contributed by atoms with Gasteiger partial charge in [0, 0.05) is 6.54 Å². The zero-order valence-corrected chi connectivity index (χ0v) is 21.8. The summed E-state index contributed by atoms with van der Waals surface area (Å²) >= 11 is 0. The first-order chi connectivity index (χ1) is 17.6. The third-order valence-electron chi connectivity index (χ3n) is 5.52. The molecule has 0 bridgehead atoms. The maximum absolute atomic E-state index is 12.4. The number of aryl methyl sites for hydroxylation is 1. The van der Waals surface area contributed by atoms with E-state index in [4.69, 9.17) is 4.74 Å². The Kier molecular flexibility index (Phi) is 9.39. The molecule has 2 amide bonds. The van der Waals surface area contributed by atoms with E-state index in [1.54, 1.807) is 36.4 Å². The number of hydrazone groups is 1. The maximum atomic E-state index is 12.4. The predicted octanol–water partition coefficient (Wildman–Crippen LogP) is 2.91. The average Bonchev–Trinajstić information content (AvgIpc) is 2.87. The summed E-state index contributed by atoms with van der Waals surface area (Å²) < 4.78 is 31.2. The minimum absolute atomic E-state index is 0.117. The monoisotopic (exact) mass is 522 g/mol. The number of hydrogen-bond donors (Lipinski definition) is 2. The van der Waals surface area contributed by atoms with Crippen LogP contribution in [0.4, 0.5) is 5.69 Å². The minimum atomic E-state index is -3.69. The van der Waals surface area contributed by atoms with Gasteiger partial charge in [0.05, 0.1) is 18.2 Å². The Balaban J connectivity index is 1.49. The number of nitrogens with one attached hydrogen (secondary N) is 2. The average molecular weight is 523 g/mol. The van der Waals surface area contributed by atoms with Gasteiger partial charge < -0.3 is 10.1 Å². The molecule has 194 valence electrons. The van der Waals surface area contributed by atoms with Gasteiger partial charge in [0.15, 0.2) is 6.61 Å². The summed E-state index contributed by atoms with van der Waals surface area (Å²) in [5, 5.41) is 6.71. The van der Waals surface area contributed by atoms with Gasteiger partial charge in [-0.3, -0.25) is 13.9 Å². The van der Waals surface area contributed by atoms with Crippen LogP contribution in [0, 0.1) is 13.8 Å². The molecule has 0 aliphatic rings. The fraction of sp³-hybridized carbons (Fsp3) is 0.222. The fourth-order valence-corrected chi connectivity index (χ4v) is 4.28. The molecule has 3 rings (SSSR count). The van der Waals surface area contributed by atoms with E-state index in [1.807, 2.05) is 50.2 Å². The van der Waals surface area contributed by atoms with Gasteiger partial charge in [0.2, 0.25) is 10.0 Å². The highest BCUT2D eigenvalue weighted by molar-refractivity contribution is 7.92. The Bertz CT molecular complexity index is 1360. The normalized spacial score (nSPS) is 11.2. The highest BCUT2D eigenvalue weighted by atomic mass is 32.2. The fourth-order valence-electron chi connectivity index (χ4n) is 3.38. The quantitative estimate of drug-likeness (QED) is 0.297. The summed E-state index contributed by atoms with van der Waals surface area (Å²) in [6.07, 6.45) is 2.48. The lowest BCUT2D eigenvalue weighted by molar-refractivity contribution is -0.123. The predicted molar refractivity (Wildman–Crippen MR) is 144 cm³/mol. The minimum Gasteiger partial charge on any atom is -0.484 e. The molecule has 0 fully saturated rings.